The van der Waals surface area contributed by atoms with Gasteiger partial charge in [-0.3, -0.25) is 0 Å². The molecule has 2 aliphatic carbocycles. The molecule has 7 rings (SSSR count). The van der Waals surface area contributed by atoms with E-state index in [1.54, 1.807) is 22.3 Å². The molecule has 0 saturated carbocycles. The molecule has 4 aromatic carbocycles. The minimum absolute atomic E-state index is 0.685. The van der Waals surface area contributed by atoms with Gasteiger partial charge in [0.05, 0.1) is 0 Å². The van der Waals surface area contributed by atoms with Crippen LogP contribution in [0.3, 0.4) is 0 Å². The van der Waals surface area contributed by atoms with Crippen LogP contribution in [0.5, 0.6) is 0 Å². The van der Waals surface area contributed by atoms with E-state index in [1.165, 1.54) is 95.1 Å². The topological polar surface area (TPSA) is 0 Å². The predicted octanol–water partition coefficient (Wildman–Crippen LogP) is 14.0. The first-order valence-corrected chi connectivity index (χ1v) is 32.7. The predicted molar refractivity (Wildman–Crippen MR) is 210 cm³/mol. The van der Waals surface area contributed by atoms with E-state index in [0.29, 0.717) is 7.35 Å². The molecule has 1 fully saturated rings. The molecule has 0 N–H and O–H groups in total. The third kappa shape index (κ3) is 5.31. The molecule has 48 heavy (non-hydrogen) atoms. The Balaban J connectivity index is 1.50. The number of hydrogen-bond donors (Lipinski definition) is 0. The Bertz CT molecular complexity index is 1800. The van der Waals surface area contributed by atoms with Crippen molar-refractivity contribution in [3.63, 3.8) is 0 Å². The summed E-state index contributed by atoms with van der Waals surface area (Å²) < 4.78 is 7.06. The first kappa shape index (κ1) is 33.9. The van der Waals surface area contributed by atoms with Gasteiger partial charge in [-0.1, -0.05) is 0 Å². The van der Waals surface area contributed by atoms with Crippen LogP contribution in [0.15, 0.2) is 83.2 Å². The van der Waals surface area contributed by atoms with E-state index >= 15 is 0 Å². The van der Waals surface area contributed by atoms with E-state index in [0.717, 1.165) is 0 Å². The van der Waals surface area contributed by atoms with Gasteiger partial charge in [-0.25, -0.2) is 0 Å². The summed E-state index contributed by atoms with van der Waals surface area (Å²) in [5.41, 5.74) is 18.0. The molecule has 4 aromatic rings. The van der Waals surface area contributed by atoms with Crippen molar-refractivity contribution in [2.75, 3.05) is 0 Å². The molecular formula is C46H56HfSi. The molecule has 0 nitrogen and oxygen atoms in total. The molecule has 248 valence electrons. The summed E-state index contributed by atoms with van der Waals surface area (Å²) in [5, 5.41) is 3.91. The van der Waals surface area contributed by atoms with Crippen LogP contribution in [0.25, 0.3) is 34.4 Å². The Morgan fingerprint density at radius 1 is 0.521 bits per heavy atom. The summed E-state index contributed by atoms with van der Waals surface area (Å²) in [6.45, 7) is 14.0. The summed E-state index contributed by atoms with van der Waals surface area (Å²) in [4.78, 5) is 0. The molecule has 0 amide bonds. The van der Waals surface area contributed by atoms with Crippen molar-refractivity contribution >= 4 is 20.2 Å². The zero-order chi connectivity index (χ0) is 33.8. The second-order valence-electron chi connectivity index (χ2n) is 16.0. The fourth-order valence-electron chi connectivity index (χ4n) is 10.2. The molecule has 2 atom stereocenters. The van der Waals surface area contributed by atoms with Crippen molar-refractivity contribution in [1.29, 1.82) is 0 Å². The molecule has 3 aliphatic rings. The van der Waals surface area contributed by atoms with Gasteiger partial charge in [-0.05, 0) is 0 Å². The fourth-order valence-corrected chi connectivity index (χ4v) is 43.1. The third-order valence-corrected chi connectivity index (χ3v) is 35.6. The molecule has 0 bridgehead atoms. The summed E-state index contributed by atoms with van der Waals surface area (Å²) >= 11 is -3.14. The van der Waals surface area contributed by atoms with E-state index in [2.05, 4.69) is 136 Å². The van der Waals surface area contributed by atoms with E-state index in [-0.39, 0.29) is 0 Å². The van der Waals surface area contributed by atoms with Crippen molar-refractivity contribution in [1.82, 2.24) is 0 Å². The molecular weight excluding hydrogens is 759 g/mol. The van der Waals surface area contributed by atoms with Crippen LogP contribution in [0, 0.1) is 27.7 Å². The van der Waals surface area contributed by atoms with E-state index in [9.17, 15) is 0 Å². The number of rotatable bonds is 10. The van der Waals surface area contributed by atoms with Crippen LogP contribution < -0.4 is 0 Å². The third-order valence-electron chi connectivity index (χ3n) is 12.9. The number of fused-ring (bicyclic) bond motifs is 6. The van der Waals surface area contributed by atoms with Crippen molar-refractivity contribution in [2.45, 2.75) is 109 Å². The standard InChI is InChI=1S/C44H50Si.2CH3.Hf/c1-7-9-11-25-45(26-12-10-8-2,37-27-35-19-15-23-41(43(35)29-37)39-21-13-17-31(3)33(39)5)38-28-36-20-16-24-42(44(36)30-38)40-22-14-18-32(4)34(40)6;;;/h13-24,27-30H,7-12,25-26H2,1-6H3;2*1H3;. The Hall–Kier alpha value is -2.55. The molecule has 0 spiro atoms. The van der Waals surface area contributed by atoms with Crippen LogP contribution in [-0.2, 0) is 20.0 Å². The van der Waals surface area contributed by atoms with Gasteiger partial charge in [-0.2, -0.15) is 0 Å². The first-order valence-electron chi connectivity index (χ1n) is 19.0. The maximum atomic E-state index is 2.85. The van der Waals surface area contributed by atoms with Gasteiger partial charge in [0.1, 0.15) is 0 Å². The second-order valence-corrected chi connectivity index (χ2v) is 37.5. The Labute approximate surface area is 297 Å². The van der Waals surface area contributed by atoms with Crippen LogP contribution in [0.2, 0.25) is 21.4 Å². The zero-order valence-electron chi connectivity index (χ0n) is 30.9. The number of benzene rings is 4. The summed E-state index contributed by atoms with van der Waals surface area (Å²) in [7, 11) is -2.02. The molecule has 1 aliphatic heterocycles. The van der Waals surface area contributed by atoms with Gasteiger partial charge in [0.15, 0.2) is 0 Å². The Morgan fingerprint density at radius 2 is 0.917 bits per heavy atom. The number of allylic oxidation sites excluding steroid dienone is 2. The second kappa shape index (κ2) is 13.3. The zero-order valence-corrected chi connectivity index (χ0v) is 35.5. The number of unbranched alkanes of at least 4 members (excludes halogenated alkanes) is 4. The van der Waals surface area contributed by atoms with Gasteiger partial charge < -0.3 is 0 Å². The van der Waals surface area contributed by atoms with Crippen LogP contribution in [0.1, 0.15) is 104 Å². The van der Waals surface area contributed by atoms with Gasteiger partial charge in [0.25, 0.3) is 0 Å². The van der Waals surface area contributed by atoms with Crippen molar-refractivity contribution < 1.29 is 20.0 Å². The fraction of sp³-hybridized carbons (Fsp3) is 0.391. The quantitative estimate of drug-likeness (QED) is 0.110. The van der Waals surface area contributed by atoms with Gasteiger partial charge in [-0.15, -0.1) is 0 Å². The molecule has 0 aromatic heterocycles. The molecule has 0 radical (unpaired) electrons. The molecule has 2 heteroatoms. The van der Waals surface area contributed by atoms with E-state index in [1.807, 2.05) is 10.4 Å². The SMILES string of the molecule is CCCCC[Si]1(CCCCC)C2=Cc3c(-c4cccc(C)c4C)cccc3[CH]2[Hf]([CH3])([CH3])[CH]2C1=Cc1c(-c3cccc(C)c3C)cccc12. The molecule has 1 saturated heterocycles. The van der Waals surface area contributed by atoms with Gasteiger partial charge in [0.2, 0.25) is 0 Å². The summed E-state index contributed by atoms with van der Waals surface area (Å²) in [5.74, 6) is 0. The Morgan fingerprint density at radius 3 is 1.33 bits per heavy atom. The maximum absolute atomic E-state index is 3.14. The van der Waals surface area contributed by atoms with Gasteiger partial charge >= 0.3 is 299 Å². The number of hydrogen-bond acceptors (Lipinski definition) is 0. The number of aryl methyl sites for hydroxylation is 2. The average molecular weight is 816 g/mol. The summed E-state index contributed by atoms with van der Waals surface area (Å²) in [6, 6.07) is 31.5. The van der Waals surface area contributed by atoms with Crippen LogP contribution in [0.4, 0.5) is 0 Å². The first-order chi connectivity index (χ1) is 23.2. The minimum atomic E-state index is -3.14. The van der Waals surface area contributed by atoms with Crippen molar-refractivity contribution in [3.8, 4) is 22.3 Å². The van der Waals surface area contributed by atoms with Crippen LogP contribution in [-0.4, -0.2) is 8.07 Å². The van der Waals surface area contributed by atoms with Crippen molar-refractivity contribution in [3.05, 3.63) is 128 Å². The average Bonchev–Trinajstić information content (AvgIpc) is 3.68. The monoisotopic (exact) mass is 816 g/mol. The van der Waals surface area contributed by atoms with Crippen molar-refractivity contribution in [2.24, 2.45) is 0 Å². The Kier molecular flexibility index (Phi) is 9.39. The summed E-state index contributed by atoms with van der Waals surface area (Å²) in [6.07, 6.45) is 13.7. The van der Waals surface area contributed by atoms with Crippen LogP contribution >= 0.6 is 0 Å². The molecule has 2 unspecified atom stereocenters. The van der Waals surface area contributed by atoms with E-state index in [4.69, 9.17) is 0 Å². The van der Waals surface area contributed by atoms with E-state index < -0.39 is 28.0 Å². The normalized spacial score (nSPS) is 19.7. The van der Waals surface area contributed by atoms with Gasteiger partial charge in [0, 0.05) is 0 Å². The molecule has 1 heterocycles.